The maximum absolute atomic E-state index is 5.38. The minimum Gasteiger partial charge on any atom is -0.496 e. The second kappa shape index (κ2) is 4.79. The molecule has 0 atom stereocenters. The van der Waals surface area contributed by atoms with Crippen molar-refractivity contribution < 1.29 is 14.2 Å². The molecule has 5 heteroatoms. The number of hydrogen-bond donors (Lipinski definition) is 0. The second-order valence-electron chi connectivity index (χ2n) is 3.33. The second-order valence-corrected chi connectivity index (χ2v) is 4.19. The fourth-order valence-electron chi connectivity index (χ4n) is 1.74. The van der Waals surface area contributed by atoms with E-state index in [1.54, 1.807) is 33.6 Å². The lowest BCUT2D eigenvalue weighted by molar-refractivity contribution is 0.398. The van der Waals surface area contributed by atoms with Crippen LogP contribution < -0.4 is 14.2 Å². The molecular formula is C12H12BrNO3. The zero-order valence-electron chi connectivity index (χ0n) is 9.78. The van der Waals surface area contributed by atoms with Gasteiger partial charge in [-0.25, -0.2) is 0 Å². The Morgan fingerprint density at radius 3 is 2.35 bits per heavy atom. The Balaban J connectivity index is 2.92. The maximum Gasteiger partial charge on any atom is 0.146 e. The summed E-state index contributed by atoms with van der Waals surface area (Å²) < 4.78 is 16.8. The van der Waals surface area contributed by atoms with E-state index in [2.05, 4.69) is 20.9 Å². The number of halogens is 1. The van der Waals surface area contributed by atoms with Gasteiger partial charge in [0.1, 0.15) is 22.8 Å². The van der Waals surface area contributed by atoms with E-state index in [0.717, 1.165) is 9.86 Å². The van der Waals surface area contributed by atoms with Crippen molar-refractivity contribution in [1.82, 2.24) is 4.98 Å². The van der Waals surface area contributed by atoms with Crippen LogP contribution in [0.15, 0.2) is 22.8 Å². The first-order valence-corrected chi connectivity index (χ1v) is 5.75. The molecule has 0 aliphatic carbocycles. The predicted octanol–water partition coefficient (Wildman–Crippen LogP) is 3.02. The van der Waals surface area contributed by atoms with E-state index in [4.69, 9.17) is 14.2 Å². The molecule has 0 saturated carbocycles. The Bertz CT molecular complexity index is 557. The van der Waals surface area contributed by atoms with Gasteiger partial charge < -0.3 is 14.2 Å². The molecule has 0 spiro atoms. The molecule has 0 saturated heterocycles. The van der Waals surface area contributed by atoms with Crippen LogP contribution in [0.3, 0.4) is 0 Å². The summed E-state index contributed by atoms with van der Waals surface area (Å²) in [4.78, 5) is 4.30. The summed E-state index contributed by atoms with van der Waals surface area (Å²) in [5, 5.41) is 0.795. The maximum atomic E-state index is 5.38. The average Bonchev–Trinajstić information content (AvgIpc) is 2.37. The van der Waals surface area contributed by atoms with E-state index in [1.165, 1.54) is 0 Å². The van der Waals surface area contributed by atoms with Crippen molar-refractivity contribution in [2.24, 2.45) is 0 Å². The third-order valence-electron chi connectivity index (χ3n) is 2.49. The summed E-state index contributed by atoms with van der Waals surface area (Å²) in [5.74, 6) is 2.06. The number of aromatic nitrogens is 1. The van der Waals surface area contributed by atoms with Crippen molar-refractivity contribution in [2.45, 2.75) is 0 Å². The van der Waals surface area contributed by atoms with Crippen molar-refractivity contribution in [3.63, 3.8) is 0 Å². The Morgan fingerprint density at radius 1 is 1.06 bits per heavy atom. The van der Waals surface area contributed by atoms with Crippen LogP contribution in [-0.4, -0.2) is 26.3 Å². The number of pyridine rings is 1. The number of hydrogen-bond acceptors (Lipinski definition) is 4. The molecule has 1 aromatic carbocycles. The van der Waals surface area contributed by atoms with Gasteiger partial charge in [0.25, 0.3) is 0 Å². The van der Waals surface area contributed by atoms with Crippen LogP contribution in [0.25, 0.3) is 10.9 Å². The van der Waals surface area contributed by atoms with Crippen LogP contribution in [0.4, 0.5) is 0 Å². The number of ether oxygens (including phenoxy) is 3. The van der Waals surface area contributed by atoms with Crippen LogP contribution in [0, 0.1) is 0 Å². The first-order chi connectivity index (χ1) is 8.22. The third-order valence-corrected chi connectivity index (χ3v) is 3.08. The Kier molecular flexibility index (Phi) is 3.38. The highest BCUT2D eigenvalue weighted by Crippen LogP contribution is 2.42. The van der Waals surface area contributed by atoms with Crippen molar-refractivity contribution in [3.05, 3.63) is 22.8 Å². The van der Waals surface area contributed by atoms with Crippen LogP contribution in [0.1, 0.15) is 0 Å². The van der Waals surface area contributed by atoms with Crippen molar-refractivity contribution in [2.75, 3.05) is 21.3 Å². The van der Waals surface area contributed by atoms with E-state index in [-0.39, 0.29) is 0 Å². The molecule has 90 valence electrons. The highest BCUT2D eigenvalue weighted by Gasteiger charge is 2.16. The molecule has 0 fully saturated rings. The smallest absolute Gasteiger partial charge is 0.146 e. The van der Waals surface area contributed by atoms with E-state index >= 15 is 0 Å². The predicted molar refractivity (Wildman–Crippen MR) is 69.1 cm³/mol. The summed E-state index contributed by atoms with van der Waals surface area (Å²) in [6, 6.07) is 3.62. The third kappa shape index (κ3) is 1.91. The van der Waals surface area contributed by atoms with Gasteiger partial charge >= 0.3 is 0 Å². The van der Waals surface area contributed by atoms with E-state index in [9.17, 15) is 0 Å². The SMILES string of the molecule is COc1cc(Br)c(OC)c2c(OC)ccnc12. The summed E-state index contributed by atoms with van der Waals surface area (Å²) >= 11 is 3.44. The molecule has 0 aliphatic rings. The molecule has 4 nitrogen and oxygen atoms in total. The minimum atomic E-state index is 0.673. The normalized spacial score (nSPS) is 10.4. The molecule has 17 heavy (non-hydrogen) atoms. The first kappa shape index (κ1) is 12.0. The van der Waals surface area contributed by atoms with Gasteiger partial charge in [-0.1, -0.05) is 0 Å². The Morgan fingerprint density at radius 2 is 1.76 bits per heavy atom. The van der Waals surface area contributed by atoms with Crippen LogP contribution in [0.5, 0.6) is 17.2 Å². The van der Waals surface area contributed by atoms with Gasteiger partial charge in [-0.2, -0.15) is 0 Å². The fourth-order valence-corrected chi connectivity index (χ4v) is 2.31. The topological polar surface area (TPSA) is 40.6 Å². The van der Waals surface area contributed by atoms with Gasteiger partial charge in [-0.15, -0.1) is 0 Å². The fraction of sp³-hybridized carbons (Fsp3) is 0.250. The monoisotopic (exact) mass is 297 g/mol. The van der Waals surface area contributed by atoms with Gasteiger partial charge in [-0.05, 0) is 22.0 Å². The molecule has 2 rings (SSSR count). The first-order valence-electron chi connectivity index (χ1n) is 4.96. The van der Waals surface area contributed by atoms with Crippen LogP contribution >= 0.6 is 15.9 Å². The summed E-state index contributed by atoms with van der Waals surface area (Å²) in [7, 11) is 4.83. The van der Waals surface area contributed by atoms with Crippen LogP contribution in [0.2, 0.25) is 0 Å². The zero-order chi connectivity index (χ0) is 12.4. The van der Waals surface area contributed by atoms with E-state index < -0.39 is 0 Å². The van der Waals surface area contributed by atoms with Crippen molar-refractivity contribution >= 4 is 26.8 Å². The molecule has 1 aromatic heterocycles. The number of fused-ring (bicyclic) bond motifs is 1. The quantitative estimate of drug-likeness (QED) is 0.873. The van der Waals surface area contributed by atoms with Gasteiger partial charge in [0.15, 0.2) is 0 Å². The average molecular weight is 298 g/mol. The molecule has 0 unspecified atom stereocenters. The molecule has 0 amide bonds. The van der Waals surface area contributed by atoms with Crippen molar-refractivity contribution in [3.8, 4) is 17.2 Å². The summed E-state index contributed by atoms with van der Waals surface area (Å²) in [6.07, 6.45) is 1.68. The highest BCUT2D eigenvalue weighted by atomic mass is 79.9. The van der Waals surface area contributed by atoms with Gasteiger partial charge in [0.2, 0.25) is 0 Å². The molecule has 1 heterocycles. The van der Waals surface area contributed by atoms with Crippen LogP contribution in [-0.2, 0) is 0 Å². The molecule has 0 N–H and O–H groups in total. The standard InChI is InChI=1S/C12H12BrNO3/c1-15-8-4-5-14-11-9(16-2)6-7(13)12(17-3)10(8)11/h4-6H,1-3H3. The zero-order valence-corrected chi connectivity index (χ0v) is 11.4. The van der Waals surface area contributed by atoms with E-state index in [0.29, 0.717) is 22.8 Å². The molecule has 0 radical (unpaired) electrons. The lowest BCUT2D eigenvalue weighted by Crippen LogP contribution is -1.95. The number of rotatable bonds is 3. The van der Waals surface area contributed by atoms with Gasteiger partial charge in [0, 0.05) is 12.3 Å². The highest BCUT2D eigenvalue weighted by molar-refractivity contribution is 9.10. The largest absolute Gasteiger partial charge is 0.496 e. The molecule has 2 aromatic rings. The lowest BCUT2D eigenvalue weighted by atomic mass is 10.1. The Hall–Kier alpha value is -1.49. The minimum absolute atomic E-state index is 0.673. The number of benzene rings is 1. The number of methoxy groups -OCH3 is 3. The summed E-state index contributed by atoms with van der Waals surface area (Å²) in [6.45, 7) is 0. The number of nitrogens with zero attached hydrogens (tertiary/aromatic N) is 1. The molecule has 0 bridgehead atoms. The Labute approximate surface area is 108 Å². The van der Waals surface area contributed by atoms with E-state index in [1.807, 2.05) is 6.07 Å². The molecular weight excluding hydrogens is 286 g/mol. The van der Waals surface area contributed by atoms with Gasteiger partial charge in [-0.3, -0.25) is 4.98 Å². The lowest BCUT2D eigenvalue weighted by Gasteiger charge is -2.13. The van der Waals surface area contributed by atoms with Crippen molar-refractivity contribution in [1.29, 1.82) is 0 Å². The van der Waals surface area contributed by atoms with Gasteiger partial charge in [0.05, 0.1) is 31.2 Å². The molecule has 0 aliphatic heterocycles. The summed E-state index contributed by atoms with van der Waals surface area (Å²) in [5.41, 5.74) is 0.715.